The predicted molar refractivity (Wildman–Crippen MR) is 254 cm³/mol. The summed E-state index contributed by atoms with van der Waals surface area (Å²) in [4.78, 5) is 2.50. The van der Waals surface area contributed by atoms with Gasteiger partial charge in [0, 0.05) is 38.8 Å². The minimum absolute atomic E-state index is 0.117. The third-order valence-electron chi connectivity index (χ3n) is 14.1. The predicted octanol–water partition coefficient (Wildman–Crippen LogP) is 15.5. The quantitative estimate of drug-likeness (QED) is 0.158. The number of hydrogen-bond donors (Lipinski definition) is 0. The molecule has 0 spiro atoms. The van der Waals surface area contributed by atoms with Crippen LogP contribution in [0.2, 0.25) is 0 Å². The molecule has 290 valence electrons. The van der Waals surface area contributed by atoms with Crippen molar-refractivity contribution in [1.82, 2.24) is 0 Å². The molecule has 0 N–H and O–H groups in total. The Bertz CT molecular complexity index is 3050. The fourth-order valence-corrected chi connectivity index (χ4v) is 10.8. The largest absolute Gasteiger partial charge is 0.310 e. The van der Waals surface area contributed by atoms with Crippen molar-refractivity contribution < 1.29 is 0 Å². The van der Waals surface area contributed by atoms with Gasteiger partial charge in [-0.05, 0) is 133 Å². The highest BCUT2D eigenvalue weighted by Crippen LogP contribution is 2.57. The topological polar surface area (TPSA) is 3.24 Å². The number of allylic oxidation sites excluding steroid dienone is 11. The average molecular weight is 772 g/mol. The standard InChI is InChI=1S/C59H49N/c1-57(2)50-24-16-14-23-44(50)45-29-27-41(35-53(45)57)60(56-25-17-15-22-43(56)39-20-10-7-8-11-21-39)42-28-30-46-49-37-55-47(31-33-52(49)58(3,4)54(46)36-42)48-34-40(38-18-12-9-13-19-38)26-32-51(48)59(55,5)6/h7,9-32,34-37H,8H2,1-6H3. The summed E-state index contributed by atoms with van der Waals surface area (Å²) in [7, 11) is 0. The highest BCUT2D eigenvalue weighted by molar-refractivity contribution is 5.99. The maximum Gasteiger partial charge on any atom is 0.0540 e. The lowest BCUT2D eigenvalue weighted by Crippen LogP contribution is -2.18. The van der Waals surface area contributed by atoms with E-state index >= 15 is 0 Å². The second-order valence-electron chi connectivity index (χ2n) is 18.6. The number of fused-ring (bicyclic) bond motifs is 8. The Balaban J connectivity index is 1.08. The first kappa shape index (κ1) is 36.4. The molecule has 0 atom stereocenters. The number of hydrogen-bond acceptors (Lipinski definition) is 1. The Hall–Kier alpha value is -6.66. The molecule has 0 amide bonds. The summed E-state index contributed by atoms with van der Waals surface area (Å²) in [6.45, 7) is 14.3. The molecule has 60 heavy (non-hydrogen) atoms. The maximum absolute atomic E-state index is 3.94. The zero-order valence-corrected chi connectivity index (χ0v) is 35.4. The zero-order valence-electron chi connectivity index (χ0n) is 35.4. The van der Waals surface area contributed by atoms with Crippen molar-refractivity contribution in [2.75, 3.05) is 4.90 Å². The number of anilines is 3. The van der Waals surface area contributed by atoms with Gasteiger partial charge in [-0.3, -0.25) is 0 Å². The van der Waals surface area contributed by atoms with Gasteiger partial charge in [0.1, 0.15) is 0 Å². The van der Waals surface area contributed by atoms with Crippen LogP contribution < -0.4 is 4.90 Å². The SMILES string of the molecule is CC1(C)C2=C=CC3=C(C=C2c2ccc(N(c4ccc5c(c4)C(C)(C)c4ccccc4-5)c4ccccc4C4=CC=CCC=C4)cc21)C(C)(C)c1ccc(-c2ccccc2)cc13. The van der Waals surface area contributed by atoms with Crippen LogP contribution in [-0.4, -0.2) is 0 Å². The van der Waals surface area contributed by atoms with E-state index in [0.717, 1.165) is 23.5 Å². The Morgan fingerprint density at radius 3 is 1.98 bits per heavy atom. The summed E-state index contributed by atoms with van der Waals surface area (Å²) in [5.74, 6) is 0. The van der Waals surface area contributed by atoms with E-state index in [-0.39, 0.29) is 16.2 Å². The van der Waals surface area contributed by atoms with Crippen molar-refractivity contribution in [1.29, 1.82) is 0 Å². The molecule has 5 aliphatic rings. The van der Waals surface area contributed by atoms with E-state index < -0.39 is 0 Å². The monoisotopic (exact) mass is 771 g/mol. The first-order chi connectivity index (χ1) is 29.0. The zero-order chi connectivity index (χ0) is 41.0. The Kier molecular flexibility index (Phi) is 8.00. The van der Waals surface area contributed by atoms with Crippen LogP contribution in [0.3, 0.4) is 0 Å². The molecule has 0 bridgehead atoms. The van der Waals surface area contributed by atoms with Gasteiger partial charge in [0.15, 0.2) is 0 Å². The normalized spacial score (nSPS) is 17.9. The van der Waals surface area contributed by atoms with Crippen LogP contribution in [0.15, 0.2) is 193 Å². The van der Waals surface area contributed by atoms with Gasteiger partial charge in [-0.25, -0.2) is 0 Å². The molecule has 0 saturated heterocycles. The molecule has 0 saturated carbocycles. The van der Waals surface area contributed by atoms with E-state index in [1.54, 1.807) is 0 Å². The molecule has 1 nitrogen and oxygen atoms in total. The lowest BCUT2D eigenvalue weighted by Gasteiger charge is -2.31. The molecule has 5 aliphatic carbocycles. The number of nitrogens with zero attached hydrogens (tertiary/aromatic N) is 1. The summed E-state index contributed by atoms with van der Waals surface area (Å²) in [5.41, 5.74) is 27.7. The summed E-state index contributed by atoms with van der Waals surface area (Å²) < 4.78 is 0. The maximum atomic E-state index is 3.94. The molecule has 11 rings (SSSR count). The molecule has 0 fully saturated rings. The van der Waals surface area contributed by atoms with E-state index in [2.05, 4.69) is 228 Å². The molecule has 1 heteroatoms. The van der Waals surface area contributed by atoms with Gasteiger partial charge in [-0.15, -0.1) is 5.73 Å². The van der Waals surface area contributed by atoms with Crippen molar-refractivity contribution in [3.05, 3.63) is 232 Å². The van der Waals surface area contributed by atoms with Gasteiger partial charge < -0.3 is 4.90 Å². The van der Waals surface area contributed by atoms with Crippen LogP contribution in [0, 0.1) is 0 Å². The van der Waals surface area contributed by atoms with Crippen LogP contribution in [-0.2, 0) is 16.2 Å². The van der Waals surface area contributed by atoms with Crippen LogP contribution in [0.4, 0.5) is 17.1 Å². The van der Waals surface area contributed by atoms with E-state index in [4.69, 9.17) is 0 Å². The second kappa shape index (κ2) is 13.2. The van der Waals surface area contributed by atoms with Crippen LogP contribution in [0.5, 0.6) is 0 Å². The third kappa shape index (κ3) is 5.32. The molecule has 0 aromatic heterocycles. The van der Waals surface area contributed by atoms with Gasteiger partial charge in [-0.1, -0.05) is 169 Å². The average Bonchev–Trinajstić information content (AvgIpc) is 3.49. The van der Waals surface area contributed by atoms with Gasteiger partial charge in [0.25, 0.3) is 0 Å². The van der Waals surface area contributed by atoms with Crippen molar-refractivity contribution in [3.63, 3.8) is 0 Å². The molecule has 0 heterocycles. The van der Waals surface area contributed by atoms with E-state index in [1.165, 1.54) is 89.1 Å². The smallest absolute Gasteiger partial charge is 0.0540 e. The second-order valence-corrected chi connectivity index (χ2v) is 18.6. The van der Waals surface area contributed by atoms with Crippen molar-refractivity contribution in [2.45, 2.75) is 64.2 Å². The Morgan fingerprint density at radius 2 is 1.18 bits per heavy atom. The van der Waals surface area contributed by atoms with E-state index in [0.29, 0.717) is 0 Å². The highest BCUT2D eigenvalue weighted by atomic mass is 15.1. The van der Waals surface area contributed by atoms with Crippen LogP contribution in [0.1, 0.15) is 86.9 Å². The van der Waals surface area contributed by atoms with Gasteiger partial charge in [0.05, 0.1) is 5.69 Å². The Labute approximate surface area is 355 Å². The molecule has 0 unspecified atom stereocenters. The Morgan fingerprint density at radius 1 is 0.517 bits per heavy atom. The van der Waals surface area contributed by atoms with E-state index in [1.807, 2.05) is 0 Å². The van der Waals surface area contributed by atoms with E-state index in [9.17, 15) is 0 Å². The lowest BCUT2D eigenvalue weighted by molar-refractivity contribution is 0.653. The fourth-order valence-electron chi connectivity index (χ4n) is 10.8. The first-order valence-electron chi connectivity index (χ1n) is 21.5. The fraction of sp³-hybridized carbons (Fsp3) is 0.169. The highest BCUT2D eigenvalue weighted by Gasteiger charge is 2.43. The molecule has 6 aromatic rings. The molecular weight excluding hydrogens is 723 g/mol. The van der Waals surface area contributed by atoms with Gasteiger partial charge >= 0.3 is 0 Å². The number of para-hydroxylation sites is 1. The van der Waals surface area contributed by atoms with Crippen molar-refractivity contribution in [2.24, 2.45) is 0 Å². The number of benzene rings is 6. The minimum atomic E-state index is -0.267. The van der Waals surface area contributed by atoms with Crippen molar-refractivity contribution >= 4 is 33.8 Å². The summed E-state index contributed by atoms with van der Waals surface area (Å²) in [5, 5.41) is 0. The molecule has 0 aliphatic heterocycles. The van der Waals surface area contributed by atoms with Gasteiger partial charge in [0.2, 0.25) is 0 Å². The summed E-state index contributed by atoms with van der Waals surface area (Å²) >= 11 is 0. The first-order valence-corrected chi connectivity index (χ1v) is 21.5. The molecule has 0 radical (unpaired) electrons. The molecule has 6 aromatic carbocycles. The molecular formula is C59H49N. The lowest BCUT2D eigenvalue weighted by atomic mass is 9.79. The van der Waals surface area contributed by atoms with Gasteiger partial charge in [-0.2, -0.15) is 0 Å². The van der Waals surface area contributed by atoms with Crippen LogP contribution in [0.25, 0.3) is 39.0 Å². The minimum Gasteiger partial charge on any atom is -0.310 e. The van der Waals surface area contributed by atoms with Crippen molar-refractivity contribution in [3.8, 4) is 22.3 Å². The summed E-state index contributed by atoms with van der Waals surface area (Å²) in [6.07, 6.45) is 16.9. The number of rotatable bonds is 5. The summed E-state index contributed by atoms with van der Waals surface area (Å²) in [6, 6.07) is 50.0. The third-order valence-corrected chi connectivity index (χ3v) is 14.1. The van der Waals surface area contributed by atoms with Crippen LogP contribution >= 0.6 is 0 Å².